The van der Waals surface area contributed by atoms with Gasteiger partial charge in [0.2, 0.25) is 0 Å². The monoisotopic (exact) mass is 374 g/mol. The van der Waals surface area contributed by atoms with Gasteiger partial charge in [0.05, 0.1) is 13.1 Å². The summed E-state index contributed by atoms with van der Waals surface area (Å²) in [6.07, 6.45) is 1.77. The quantitative estimate of drug-likeness (QED) is 0.598. The maximum atomic E-state index is 13.0. The van der Waals surface area contributed by atoms with E-state index in [0.717, 1.165) is 43.5 Å². The molecule has 146 valence electrons. The molecule has 1 aromatic carbocycles. The number of aliphatic imine (C=N–C) groups is 1. The van der Waals surface area contributed by atoms with Crippen LogP contribution in [0.1, 0.15) is 31.9 Å². The lowest BCUT2D eigenvalue weighted by atomic mass is 10.1. The first-order valence-electron chi connectivity index (χ1n) is 9.41. The average Bonchev–Trinajstić information content (AvgIpc) is 3.01. The van der Waals surface area contributed by atoms with Gasteiger partial charge in [-0.2, -0.15) is 5.10 Å². The van der Waals surface area contributed by atoms with Crippen LogP contribution < -0.4 is 15.4 Å². The maximum absolute atomic E-state index is 13.0. The van der Waals surface area contributed by atoms with E-state index < -0.39 is 0 Å². The maximum Gasteiger partial charge on any atom is 0.191 e. The van der Waals surface area contributed by atoms with Gasteiger partial charge in [0, 0.05) is 19.0 Å². The Balaban J connectivity index is 1.55. The molecule has 0 aliphatic carbocycles. The van der Waals surface area contributed by atoms with Gasteiger partial charge in [-0.05, 0) is 51.5 Å². The third-order valence-electron chi connectivity index (χ3n) is 4.31. The third kappa shape index (κ3) is 5.42. The highest BCUT2D eigenvalue weighted by molar-refractivity contribution is 5.80. The van der Waals surface area contributed by atoms with E-state index in [1.54, 1.807) is 12.1 Å². The summed E-state index contributed by atoms with van der Waals surface area (Å²) in [6, 6.07) is 6.28. The van der Waals surface area contributed by atoms with E-state index in [4.69, 9.17) is 4.74 Å². The second-order valence-corrected chi connectivity index (χ2v) is 6.74. The first-order chi connectivity index (χ1) is 13.0. The van der Waals surface area contributed by atoms with Crippen LogP contribution in [-0.4, -0.2) is 46.0 Å². The lowest BCUT2D eigenvalue weighted by Gasteiger charge is -2.25. The van der Waals surface area contributed by atoms with Crippen LogP contribution in [0.2, 0.25) is 0 Å². The molecule has 2 atom stereocenters. The van der Waals surface area contributed by atoms with E-state index in [1.807, 2.05) is 25.5 Å². The SMILES string of the molecule is CCNC(=NCC(C)Oc1ccc(F)cc1)NC1CCc2nc(C)nn2C1. The Hall–Kier alpha value is -2.64. The Labute approximate surface area is 159 Å². The van der Waals surface area contributed by atoms with Gasteiger partial charge in [-0.25, -0.2) is 19.0 Å². The van der Waals surface area contributed by atoms with Crippen molar-refractivity contribution in [2.75, 3.05) is 13.1 Å². The molecular weight excluding hydrogens is 347 g/mol. The molecule has 2 N–H and O–H groups in total. The number of guanidine groups is 1. The zero-order chi connectivity index (χ0) is 19.2. The fraction of sp³-hybridized carbons (Fsp3) is 0.526. The number of ether oxygens (including phenoxy) is 1. The lowest BCUT2D eigenvalue weighted by Crippen LogP contribution is -2.47. The molecule has 7 nitrogen and oxygen atoms in total. The number of rotatable bonds is 6. The Bertz CT molecular complexity index is 773. The topological polar surface area (TPSA) is 76.4 Å². The molecule has 0 saturated heterocycles. The van der Waals surface area contributed by atoms with Crippen LogP contribution >= 0.6 is 0 Å². The molecule has 3 rings (SSSR count). The summed E-state index contributed by atoms with van der Waals surface area (Å²) in [5.41, 5.74) is 0. The molecule has 0 fully saturated rings. The molecular formula is C19H27FN6O. The Morgan fingerprint density at radius 2 is 2.19 bits per heavy atom. The highest BCUT2D eigenvalue weighted by atomic mass is 19.1. The second-order valence-electron chi connectivity index (χ2n) is 6.74. The molecule has 8 heteroatoms. The highest BCUT2D eigenvalue weighted by Gasteiger charge is 2.21. The van der Waals surface area contributed by atoms with Crippen molar-refractivity contribution in [2.45, 2.75) is 52.3 Å². The number of hydrogen-bond donors (Lipinski definition) is 2. The number of nitrogens with one attached hydrogen (secondary N) is 2. The minimum absolute atomic E-state index is 0.123. The predicted molar refractivity (Wildman–Crippen MR) is 102 cm³/mol. The number of nitrogens with zero attached hydrogens (tertiary/aromatic N) is 4. The zero-order valence-electron chi connectivity index (χ0n) is 16.1. The largest absolute Gasteiger partial charge is 0.489 e. The number of aromatic nitrogens is 3. The van der Waals surface area contributed by atoms with Gasteiger partial charge in [-0.1, -0.05) is 0 Å². The molecule has 2 unspecified atom stereocenters. The van der Waals surface area contributed by atoms with E-state index in [2.05, 4.69) is 25.7 Å². The number of aryl methyl sites for hydroxylation is 2. The van der Waals surface area contributed by atoms with Gasteiger partial charge in [0.25, 0.3) is 0 Å². The van der Waals surface area contributed by atoms with Crippen LogP contribution in [0.25, 0.3) is 0 Å². The first kappa shape index (κ1) is 19.1. The van der Waals surface area contributed by atoms with E-state index in [1.165, 1.54) is 12.1 Å². The fourth-order valence-corrected chi connectivity index (χ4v) is 3.07. The molecule has 0 saturated carbocycles. The fourth-order valence-electron chi connectivity index (χ4n) is 3.07. The predicted octanol–water partition coefficient (Wildman–Crippen LogP) is 2.06. The van der Waals surface area contributed by atoms with Crippen LogP contribution in [0.3, 0.4) is 0 Å². The number of halogens is 1. The van der Waals surface area contributed by atoms with Crippen LogP contribution in [0.15, 0.2) is 29.3 Å². The Kier molecular flexibility index (Phi) is 6.26. The normalized spacial score (nSPS) is 17.9. The van der Waals surface area contributed by atoms with Gasteiger partial charge in [-0.15, -0.1) is 0 Å². The second kappa shape index (κ2) is 8.83. The molecule has 1 aromatic heterocycles. The van der Waals surface area contributed by atoms with E-state index in [-0.39, 0.29) is 18.0 Å². The molecule has 1 aliphatic rings. The Morgan fingerprint density at radius 1 is 1.41 bits per heavy atom. The molecule has 27 heavy (non-hydrogen) atoms. The molecule has 2 aromatic rings. The van der Waals surface area contributed by atoms with Crippen molar-refractivity contribution in [1.82, 2.24) is 25.4 Å². The van der Waals surface area contributed by atoms with Crippen LogP contribution in [0.4, 0.5) is 4.39 Å². The number of hydrogen-bond acceptors (Lipinski definition) is 4. The summed E-state index contributed by atoms with van der Waals surface area (Å²) in [5, 5.41) is 11.2. The van der Waals surface area contributed by atoms with Crippen molar-refractivity contribution in [3.8, 4) is 5.75 Å². The van der Waals surface area contributed by atoms with Crippen molar-refractivity contribution in [3.63, 3.8) is 0 Å². The van der Waals surface area contributed by atoms with E-state index in [0.29, 0.717) is 12.3 Å². The Morgan fingerprint density at radius 3 is 2.93 bits per heavy atom. The van der Waals surface area contributed by atoms with Gasteiger partial charge >= 0.3 is 0 Å². The molecule has 0 amide bonds. The van der Waals surface area contributed by atoms with Crippen molar-refractivity contribution in [2.24, 2.45) is 4.99 Å². The summed E-state index contributed by atoms with van der Waals surface area (Å²) < 4.78 is 20.7. The summed E-state index contributed by atoms with van der Waals surface area (Å²) >= 11 is 0. The molecule has 0 spiro atoms. The van der Waals surface area contributed by atoms with Crippen LogP contribution in [0, 0.1) is 12.7 Å². The molecule has 1 aliphatic heterocycles. The molecule has 2 heterocycles. The third-order valence-corrected chi connectivity index (χ3v) is 4.31. The summed E-state index contributed by atoms with van der Waals surface area (Å²) in [6.45, 7) is 7.95. The van der Waals surface area contributed by atoms with Crippen LogP contribution in [0.5, 0.6) is 5.75 Å². The van der Waals surface area contributed by atoms with Gasteiger partial charge in [0.15, 0.2) is 5.96 Å². The number of benzene rings is 1. The van der Waals surface area contributed by atoms with Gasteiger partial charge < -0.3 is 15.4 Å². The van der Waals surface area contributed by atoms with Gasteiger partial charge in [-0.3, -0.25) is 0 Å². The summed E-state index contributed by atoms with van der Waals surface area (Å²) in [7, 11) is 0. The van der Waals surface area contributed by atoms with Crippen molar-refractivity contribution >= 4 is 5.96 Å². The van der Waals surface area contributed by atoms with Gasteiger partial charge in [0.1, 0.15) is 29.3 Å². The summed E-state index contributed by atoms with van der Waals surface area (Å²) in [5.74, 6) is 2.99. The minimum atomic E-state index is -0.273. The lowest BCUT2D eigenvalue weighted by molar-refractivity contribution is 0.230. The molecule has 0 bridgehead atoms. The minimum Gasteiger partial charge on any atom is -0.489 e. The van der Waals surface area contributed by atoms with E-state index >= 15 is 0 Å². The number of fused-ring (bicyclic) bond motifs is 1. The zero-order valence-corrected chi connectivity index (χ0v) is 16.1. The average molecular weight is 374 g/mol. The van der Waals surface area contributed by atoms with Crippen molar-refractivity contribution in [3.05, 3.63) is 41.7 Å². The first-order valence-corrected chi connectivity index (χ1v) is 9.41. The smallest absolute Gasteiger partial charge is 0.191 e. The molecule has 0 radical (unpaired) electrons. The van der Waals surface area contributed by atoms with Crippen molar-refractivity contribution in [1.29, 1.82) is 0 Å². The summed E-state index contributed by atoms with van der Waals surface area (Å²) in [4.78, 5) is 9.08. The standard InChI is InChI=1S/C19H27FN6O/c1-4-21-19(22-11-13(2)27-17-8-5-15(20)6-9-17)24-16-7-10-18-23-14(3)25-26(18)12-16/h5-6,8-9,13,16H,4,7,10-12H2,1-3H3,(H2,21,22,24). The van der Waals surface area contributed by atoms with Crippen molar-refractivity contribution < 1.29 is 9.13 Å². The highest BCUT2D eigenvalue weighted by Crippen LogP contribution is 2.14. The van der Waals surface area contributed by atoms with Crippen LogP contribution in [-0.2, 0) is 13.0 Å². The van der Waals surface area contributed by atoms with E-state index in [9.17, 15) is 4.39 Å².